The molecule has 1 fully saturated rings. The molecule has 1 N–H and O–H groups in total. The van der Waals surface area contributed by atoms with Gasteiger partial charge in [0, 0.05) is 12.0 Å². The van der Waals surface area contributed by atoms with Crippen LogP contribution in [0.5, 0.6) is 0 Å². The second-order valence-electron chi connectivity index (χ2n) is 3.39. The lowest BCUT2D eigenvalue weighted by molar-refractivity contribution is -0.131. The van der Waals surface area contributed by atoms with E-state index in [1.165, 1.54) is 6.08 Å². The van der Waals surface area contributed by atoms with Crippen LogP contribution in [-0.2, 0) is 9.53 Å². The summed E-state index contributed by atoms with van der Waals surface area (Å²) in [5.41, 5.74) is 0. The number of epoxide rings is 1. The van der Waals surface area contributed by atoms with Gasteiger partial charge in [-0.3, -0.25) is 0 Å². The highest BCUT2D eigenvalue weighted by atomic mass is 16.6. The van der Waals surface area contributed by atoms with E-state index in [2.05, 4.69) is 13.8 Å². The van der Waals surface area contributed by atoms with E-state index in [1.54, 1.807) is 6.08 Å². The molecule has 1 unspecified atom stereocenters. The largest absolute Gasteiger partial charge is 0.478 e. The Hall–Kier alpha value is -0.830. The van der Waals surface area contributed by atoms with Crippen LogP contribution in [0, 0.1) is 11.8 Å². The molecule has 0 amide bonds. The fraction of sp³-hybridized carbons (Fsp3) is 0.667. The summed E-state index contributed by atoms with van der Waals surface area (Å²) in [5.74, 6) is -0.199. The monoisotopic (exact) mass is 170 g/mol. The normalized spacial score (nSPS) is 24.8. The fourth-order valence-corrected chi connectivity index (χ4v) is 1.25. The van der Waals surface area contributed by atoms with Gasteiger partial charge < -0.3 is 9.84 Å². The van der Waals surface area contributed by atoms with Crippen LogP contribution in [0.4, 0.5) is 0 Å². The van der Waals surface area contributed by atoms with Gasteiger partial charge in [-0.25, -0.2) is 4.79 Å². The zero-order chi connectivity index (χ0) is 9.14. The van der Waals surface area contributed by atoms with Crippen molar-refractivity contribution in [2.45, 2.75) is 20.0 Å². The van der Waals surface area contributed by atoms with Crippen molar-refractivity contribution in [3.05, 3.63) is 12.2 Å². The maximum Gasteiger partial charge on any atom is 0.327 e. The minimum Gasteiger partial charge on any atom is -0.478 e. The van der Waals surface area contributed by atoms with Crippen LogP contribution < -0.4 is 0 Å². The first-order valence-corrected chi connectivity index (χ1v) is 4.14. The van der Waals surface area contributed by atoms with E-state index in [0.717, 1.165) is 6.61 Å². The zero-order valence-corrected chi connectivity index (χ0v) is 7.36. The Kier molecular flexibility index (Phi) is 2.87. The molecule has 1 rings (SSSR count). The summed E-state index contributed by atoms with van der Waals surface area (Å²) in [7, 11) is 0. The van der Waals surface area contributed by atoms with E-state index in [9.17, 15) is 4.79 Å². The van der Waals surface area contributed by atoms with E-state index in [-0.39, 0.29) is 12.0 Å². The van der Waals surface area contributed by atoms with E-state index < -0.39 is 5.97 Å². The molecule has 0 bridgehead atoms. The second-order valence-corrected chi connectivity index (χ2v) is 3.39. The molecule has 3 heteroatoms. The molecule has 0 saturated carbocycles. The summed E-state index contributed by atoms with van der Waals surface area (Å²) in [5, 5.41) is 8.42. The van der Waals surface area contributed by atoms with Gasteiger partial charge in [0.05, 0.1) is 12.7 Å². The lowest BCUT2D eigenvalue weighted by Gasteiger charge is -2.12. The van der Waals surface area contributed by atoms with Crippen LogP contribution in [0.25, 0.3) is 0 Å². The van der Waals surface area contributed by atoms with Crippen molar-refractivity contribution in [2.24, 2.45) is 11.8 Å². The average molecular weight is 170 g/mol. The van der Waals surface area contributed by atoms with Crippen molar-refractivity contribution in [2.75, 3.05) is 6.61 Å². The molecule has 12 heavy (non-hydrogen) atoms. The number of rotatable bonds is 4. The molecule has 2 atom stereocenters. The summed E-state index contributed by atoms with van der Waals surface area (Å²) >= 11 is 0. The van der Waals surface area contributed by atoms with Gasteiger partial charge in [0.1, 0.15) is 0 Å². The van der Waals surface area contributed by atoms with Crippen LogP contribution in [-0.4, -0.2) is 23.8 Å². The maximum atomic E-state index is 10.2. The highest BCUT2D eigenvalue weighted by Gasteiger charge is 2.32. The Bertz CT molecular complexity index is 190. The van der Waals surface area contributed by atoms with Crippen molar-refractivity contribution in [1.29, 1.82) is 0 Å². The van der Waals surface area contributed by atoms with Crippen LogP contribution >= 0.6 is 0 Å². The molecule has 0 spiro atoms. The first kappa shape index (κ1) is 9.26. The molecule has 0 aliphatic carbocycles. The molecule has 1 aliphatic rings. The van der Waals surface area contributed by atoms with Gasteiger partial charge in [0.15, 0.2) is 0 Å². The topological polar surface area (TPSA) is 49.8 Å². The van der Waals surface area contributed by atoms with Crippen molar-refractivity contribution in [3.63, 3.8) is 0 Å². The molecule has 1 saturated heterocycles. The number of carbonyl (C=O) groups is 1. The Morgan fingerprint density at radius 2 is 2.25 bits per heavy atom. The number of carboxylic acids is 1. The fourth-order valence-electron chi connectivity index (χ4n) is 1.25. The molecule has 1 heterocycles. The first-order chi connectivity index (χ1) is 5.61. The third kappa shape index (κ3) is 2.66. The Labute approximate surface area is 72.0 Å². The third-order valence-corrected chi connectivity index (χ3v) is 2.02. The van der Waals surface area contributed by atoms with Crippen molar-refractivity contribution >= 4 is 5.97 Å². The summed E-state index contributed by atoms with van der Waals surface area (Å²) in [4.78, 5) is 10.2. The number of hydrogen-bond donors (Lipinski definition) is 1. The van der Waals surface area contributed by atoms with E-state index >= 15 is 0 Å². The maximum absolute atomic E-state index is 10.2. The summed E-state index contributed by atoms with van der Waals surface area (Å²) in [6, 6.07) is 0. The summed E-state index contributed by atoms with van der Waals surface area (Å²) in [6.45, 7) is 4.91. The first-order valence-electron chi connectivity index (χ1n) is 4.14. The van der Waals surface area contributed by atoms with E-state index in [1.807, 2.05) is 0 Å². The standard InChI is InChI=1S/C9H14O3/c1-6(2)7(8-5-12-8)3-4-9(10)11/h3-4,6-8H,5H2,1-2H3,(H,10,11)/t7?,8-/m0/s1. The highest BCUT2D eigenvalue weighted by Crippen LogP contribution is 2.27. The molecule has 0 aromatic carbocycles. The van der Waals surface area contributed by atoms with Gasteiger partial charge >= 0.3 is 5.97 Å². The summed E-state index contributed by atoms with van der Waals surface area (Å²) < 4.78 is 5.12. The van der Waals surface area contributed by atoms with Crippen molar-refractivity contribution < 1.29 is 14.6 Å². The van der Waals surface area contributed by atoms with E-state index in [4.69, 9.17) is 9.84 Å². The quantitative estimate of drug-likeness (QED) is 0.511. The van der Waals surface area contributed by atoms with E-state index in [0.29, 0.717) is 5.92 Å². The van der Waals surface area contributed by atoms with Crippen LogP contribution in [0.3, 0.4) is 0 Å². The minimum absolute atomic E-state index is 0.251. The zero-order valence-electron chi connectivity index (χ0n) is 7.36. The van der Waals surface area contributed by atoms with Crippen molar-refractivity contribution in [1.82, 2.24) is 0 Å². The lowest BCUT2D eigenvalue weighted by Crippen LogP contribution is -2.13. The molecular formula is C9H14O3. The molecule has 0 radical (unpaired) electrons. The van der Waals surface area contributed by atoms with Crippen LogP contribution in [0.1, 0.15) is 13.8 Å². The Balaban J connectivity index is 2.48. The molecular weight excluding hydrogens is 156 g/mol. The minimum atomic E-state index is -0.888. The number of hydrogen-bond acceptors (Lipinski definition) is 2. The SMILES string of the molecule is CC(C)C(C=CC(=O)O)[C@@H]1CO1. The Morgan fingerprint density at radius 3 is 2.58 bits per heavy atom. The number of ether oxygens (including phenoxy) is 1. The molecule has 0 aromatic rings. The van der Waals surface area contributed by atoms with Gasteiger partial charge in [-0.15, -0.1) is 0 Å². The van der Waals surface area contributed by atoms with Gasteiger partial charge in [-0.1, -0.05) is 19.9 Å². The number of carboxylic acid groups (broad SMARTS) is 1. The predicted molar refractivity (Wildman–Crippen MR) is 44.8 cm³/mol. The predicted octanol–water partition coefficient (Wildman–Crippen LogP) is 1.30. The molecule has 3 nitrogen and oxygen atoms in total. The van der Waals surface area contributed by atoms with Crippen LogP contribution in [0.15, 0.2) is 12.2 Å². The Morgan fingerprint density at radius 1 is 1.67 bits per heavy atom. The van der Waals surface area contributed by atoms with Gasteiger partial charge in [-0.2, -0.15) is 0 Å². The second kappa shape index (κ2) is 3.72. The van der Waals surface area contributed by atoms with Gasteiger partial charge in [0.25, 0.3) is 0 Å². The molecule has 1 aliphatic heterocycles. The van der Waals surface area contributed by atoms with Crippen LogP contribution in [0.2, 0.25) is 0 Å². The lowest BCUT2D eigenvalue weighted by atomic mass is 9.92. The van der Waals surface area contributed by atoms with Gasteiger partial charge in [-0.05, 0) is 5.92 Å². The molecule has 68 valence electrons. The van der Waals surface area contributed by atoms with Gasteiger partial charge in [0.2, 0.25) is 0 Å². The average Bonchev–Trinajstić information content (AvgIpc) is 2.69. The molecule has 0 aromatic heterocycles. The van der Waals surface area contributed by atoms with Crippen molar-refractivity contribution in [3.8, 4) is 0 Å². The third-order valence-electron chi connectivity index (χ3n) is 2.02. The summed E-state index contributed by atoms with van der Waals surface area (Å²) in [6.07, 6.45) is 3.18. The number of aliphatic carboxylic acids is 1. The smallest absolute Gasteiger partial charge is 0.327 e. The highest BCUT2D eigenvalue weighted by molar-refractivity contribution is 5.79.